The molecular weight excluding hydrogens is 313 g/mol. The molecule has 0 amide bonds. The van der Waals surface area contributed by atoms with Gasteiger partial charge >= 0.3 is 0 Å². The molecule has 1 atom stereocenters. The molecule has 8 heteroatoms. The zero-order valence-corrected chi connectivity index (χ0v) is 11.8. The number of hydrogen-bond donors (Lipinski definition) is 2. The molecule has 0 saturated carbocycles. The monoisotopic (exact) mass is 326 g/mol. The number of nitrogens with zero attached hydrogens (tertiary/aromatic N) is 1. The number of non-ortho nitro benzene ring substituents is 1. The summed E-state index contributed by atoms with van der Waals surface area (Å²) in [6.07, 6.45) is 0. The molecule has 2 rings (SSSR count). The molecule has 0 saturated heterocycles. The van der Waals surface area contributed by atoms with Crippen LogP contribution in [0.15, 0.2) is 36.4 Å². The van der Waals surface area contributed by atoms with Gasteiger partial charge in [0.15, 0.2) is 17.5 Å². The summed E-state index contributed by atoms with van der Waals surface area (Å²) in [6.45, 7) is -0.368. The average molecular weight is 326 g/mol. The number of rotatable bonds is 6. The van der Waals surface area contributed by atoms with Crippen LogP contribution in [0.2, 0.25) is 0 Å². The van der Waals surface area contributed by atoms with Crippen LogP contribution in [0.5, 0.6) is 0 Å². The maximum absolute atomic E-state index is 13.2. The van der Waals surface area contributed by atoms with Gasteiger partial charge in [0.2, 0.25) is 0 Å². The van der Waals surface area contributed by atoms with Crippen molar-refractivity contribution in [2.45, 2.75) is 12.6 Å². The molecule has 2 aromatic rings. The van der Waals surface area contributed by atoms with Gasteiger partial charge in [-0.2, -0.15) is 0 Å². The summed E-state index contributed by atoms with van der Waals surface area (Å²) in [5.41, 5.74) is 0.499. The van der Waals surface area contributed by atoms with E-state index in [9.17, 15) is 28.4 Å². The minimum atomic E-state index is -1.58. The van der Waals surface area contributed by atoms with Gasteiger partial charge in [0.1, 0.15) is 0 Å². The zero-order valence-electron chi connectivity index (χ0n) is 11.8. The van der Waals surface area contributed by atoms with Crippen LogP contribution in [-0.4, -0.2) is 16.6 Å². The molecule has 2 N–H and O–H groups in total. The SMILES string of the molecule is O=[N+]([O-])c1cccc(CNC(CO)c2cc(F)c(F)c(F)c2)c1. The second-order valence-electron chi connectivity index (χ2n) is 4.84. The second kappa shape index (κ2) is 7.21. The van der Waals surface area contributed by atoms with Crippen molar-refractivity contribution in [3.8, 4) is 0 Å². The standard InChI is InChI=1S/C15H13F3N2O3/c16-12-5-10(6-13(17)15(12)18)14(8-21)19-7-9-2-1-3-11(4-9)20(22)23/h1-6,14,19,21H,7-8H2. The van der Waals surface area contributed by atoms with Crippen molar-refractivity contribution in [2.75, 3.05) is 6.61 Å². The fourth-order valence-corrected chi connectivity index (χ4v) is 2.09. The summed E-state index contributed by atoms with van der Waals surface area (Å²) < 4.78 is 39.4. The van der Waals surface area contributed by atoms with E-state index < -0.39 is 35.0 Å². The Morgan fingerprint density at radius 2 is 1.83 bits per heavy atom. The fraction of sp³-hybridized carbons (Fsp3) is 0.200. The van der Waals surface area contributed by atoms with Crippen molar-refractivity contribution in [1.82, 2.24) is 5.32 Å². The average Bonchev–Trinajstić information content (AvgIpc) is 2.53. The first-order valence-corrected chi connectivity index (χ1v) is 6.64. The van der Waals surface area contributed by atoms with Crippen LogP contribution >= 0.6 is 0 Å². The van der Waals surface area contributed by atoms with Gasteiger partial charge < -0.3 is 10.4 Å². The van der Waals surface area contributed by atoms with Crippen LogP contribution in [0, 0.1) is 27.6 Å². The largest absolute Gasteiger partial charge is 0.394 e. The Hall–Kier alpha value is -2.45. The quantitative estimate of drug-likeness (QED) is 0.486. The van der Waals surface area contributed by atoms with Crippen molar-refractivity contribution >= 4 is 5.69 Å². The number of nitro benzene ring substituents is 1. The minimum Gasteiger partial charge on any atom is -0.394 e. The van der Waals surface area contributed by atoms with Crippen molar-refractivity contribution < 1.29 is 23.2 Å². The Morgan fingerprint density at radius 3 is 2.39 bits per heavy atom. The van der Waals surface area contributed by atoms with E-state index >= 15 is 0 Å². The van der Waals surface area contributed by atoms with E-state index in [1.807, 2.05) is 0 Å². The van der Waals surface area contributed by atoms with Crippen LogP contribution in [0.3, 0.4) is 0 Å². The van der Waals surface area contributed by atoms with Gasteiger partial charge in [-0.3, -0.25) is 10.1 Å². The van der Waals surface area contributed by atoms with Crippen LogP contribution in [-0.2, 0) is 6.54 Å². The van der Waals surface area contributed by atoms with Gasteiger partial charge in [-0.05, 0) is 23.3 Å². The van der Waals surface area contributed by atoms with E-state index in [1.54, 1.807) is 6.07 Å². The summed E-state index contributed by atoms with van der Waals surface area (Å²) in [6, 6.07) is 6.53. The van der Waals surface area contributed by atoms with E-state index in [4.69, 9.17) is 0 Å². The Bertz CT molecular complexity index is 702. The Morgan fingerprint density at radius 1 is 1.17 bits per heavy atom. The van der Waals surface area contributed by atoms with Crippen molar-refractivity contribution in [3.05, 3.63) is 75.1 Å². The Balaban J connectivity index is 2.14. The second-order valence-corrected chi connectivity index (χ2v) is 4.84. The third kappa shape index (κ3) is 4.05. The highest BCUT2D eigenvalue weighted by Crippen LogP contribution is 2.20. The van der Waals surface area contributed by atoms with Crippen LogP contribution in [0.25, 0.3) is 0 Å². The summed E-state index contributed by atoms with van der Waals surface area (Å²) in [4.78, 5) is 10.2. The lowest BCUT2D eigenvalue weighted by molar-refractivity contribution is -0.384. The highest BCUT2D eigenvalue weighted by Gasteiger charge is 2.17. The lowest BCUT2D eigenvalue weighted by Crippen LogP contribution is -2.24. The maximum atomic E-state index is 13.2. The van der Waals surface area contributed by atoms with Gasteiger partial charge in [-0.15, -0.1) is 0 Å². The molecule has 0 spiro atoms. The van der Waals surface area contributed by atoms with Gasteiger partial charge in [0.05, 0.1) is 17.6 Å². The van der Waals surface area contributed by atoms with E-state index in [2.05, 4.69) is 5.32 Å². The number of nitrogens with one attached hydrogen (secondary N) is 1. The third-order valence-electron chi connectivity index (χ3n) is 3.27. The highest BCUT2D eigenvalue weighted by atomic mass is 19.2. The molecule has 0 bridgehead atoms. The topological polar surface area (TPSA) is 75.4 Å². The normalized spacial score (nSPS) is 12.2. The van der Waals surface area contributed by atoms with Crippen molar-refractivity contribution in [1.29, 1.82) is 0 Å². The summed E-state index contributed by atoms with van der Waals surface area (Å²) in [5, 5.41) is 22.9. The molecule has 0 aromatic heterocycles. The highest BCUT2D eigenvalue weighted by molar-refractivity contribution is 5.34. The molecular formula is C15H13F3N2O3. The fourth-order valence-electron chi connectivity index (χ4n) is 2.09. The van der Waals surface area contributed by atoms with E-state index in [-0.39, 0.29) is 17.8 Å². The number of aliphatic hydroxyl groups excluding tert-OH is 1. The summed E-state index contributed by atoms with van der Waals surface area (Å²) in [7, 11) is 0. The molecule has 1 unspecified atom stereocenters. The molecule has 0 radical (unpaired) electrons. The molecule has 23 heavy (non-hydrogen) atoms. The third-order valence-corrected chi connectivity index (χ3v) is 3.27. The van der Waals surface area contributed by atoms with Gasteiger partial charge in [0, 0.05) is 18.7 Å². The first-order valence-electron chi connectivity index (χ1n) is 6.64. The molecule has 0 aliphatic carbocycles. The number of halogens is 3. The van der Waals surface area contributed by atoms with Crippen LogP contribution < -0.4 is 5.32 Å². The summed E-state index contributed by atoms with van der Waals surface area (Å²) >= 11 is 0. The van der Waals surface area contributed by atoms with Crippen molar-refractivity contribution in [3.63, 3.8) is 0 Å². The summed E-state index contributed by atoms with van der Waals surface area (Å²) in [5.74, 6) is -4.28. The predicted molar refractivity (Wildman–Crippen MR) is 76.1 cm³/mol. The van der Waals surface area contributed by atoms with Crippen LogP contribution in [0.1, 0.15) is 17.2 Å². The van der Waals surface area contributed by atoms with Crippen molar-refractivity contribution in [2.24, 2.45) is 0 Å². The molecule has 5 nitrogen and oxygen atoms in total. The maximum Gasteiger partial charge on any atom is 0.269 e. The Kier molecular flexibility index (Phi) is 5.30. The molecule has 122 valence electrons. The first kappa shape index (κ1) is 16.9. The number of aliphatic hydroxyl groups is 1. The molecule has 0 aliphatic rings. The smallest absolute Gasteiger partial charge is 0.269 e. The van der Waals surface area contributed by atoms with E-state index in [0.717, 1.165) is 12.1 Å². The molecule has 0 fully saturated rings. The molecule has 0 heterocycles. The van der Waals surface area contributed by atoms with Crippen LogP contribution in [0.4, 0.5) is 18.9 Å². The number of benzene rings is 2. The number of hydrogen-bond acceptors (Lipinski definition) is 4. The first-order chi connectivity index (χ1) is 10.9. The minimum absolute atomic E-state index is 0.0364. The Labute approximate surface area is 129 Å². The number of nitro groups is 1. The lowest BCUT2D eigenvalue weighted by Gasteiger charge is -2.17. The molecule has 0 aliphatic heterocycles. The zero-order chi connectivity index (χ0) is 17.0. The lowest BCUT2D eigenvalue weighted by atomic mass is 10.1. The van der Waals surface area contributed by atoms with Gasteiger partial charge in [-0.25, -0.2) is 13.2 Å². The molecule has 2 aromatic carbocycles. The van der Waals surface area contributed by atoms with E-state index in [1.165, 1.54) is 18.2 Å². The van der Waals surface area contributed by atoms with Gasteiger partial charge in [-0.1, -0.05) is 12.1 Å². The van der Waals surface area contributed by atoms with Gasteiger partial charge in [0.25, 0.3) is 5.69 Å². The predicted octanol–water partition coefficient (Wildman–Crippen LogP) is 2.84. The van der Waals surface area contributed by atoms with E-state index in [0.29, 0.717) is 5.56 Å².